The predicted molar refractivity (Wildman–Crippen MR) is 97.0 cm³/mol. The van der Waals surface area contributed by atoms with Crippen LogP contribution in [0.25, 0.3) is 0 Å². The molecule has 0 radical (unpaired) electrons. The Kier molecular flexibility index (Phi) is 7.48. The molecule has 2 rings (SSSR count). The quantitative estimate of drug-likeness (QED) is 0.502. The molecule has 2 aromatic rings. The third-order valence-corrected chi connectivity index (χ3v) is 4.40. The van der Waals surface area contributed by atoms with Crippen LogP contribution in [0.4, 0.5) is 0 Å². The minimum absolute atomic E-state index is 0.0991. The number of halogens is 1. The summed E-state index contributed by atoms with van der Waals surface area (Å²) in [4.78, 5) is 17.2. The van der Waals surface area contributed by atoms with Crippen LogP contribution in [-0.4, -0.2) is 19.1 Å². The molecule has 0 fully saturated rings. The van der Waals surface area contributed by atoms with E-state index in [1.54, 1.807) is 18.2 Å². The lowest BCUT2D eigenvalue weighted by atomic mass is 10.2. The van der Waals surface area contributed by atoms with E-state index in [1.807, 2.05) is 30.3 Å². The van der Waals surface area contributed by atoms with E-state index in [4.69, 9.17) is 29.9 Å². The summed E-state index contributed by atoms with van der Waals surface area (Å²) in [6, 6.07) is 14.9. The third kappa shape index (κ3) is 6.35. The maximum Gasteiger partial charge on any atom is 0.532 e. The van der Waals surface area contributed by atoms with Gasteiger partial charge in [0, 0.05) is 11.2 Å². The summed E-state index contributed by atoms with van der Waals surface area (Å²) in [5.74, 6) is -0.477. The molecule has 0 aliphatic carbocycles. The number of hydrogen-bond acceptors (Lipinski definition) is 7. The van der Waals surface area contributed by atoms with Gasteiger partial charge in [0.1, 0.15) is 6.04 Å². The van der Waals surface area contributed by atoms with Crippen molar-refractivity contribution in [2.75, 3.05) is 7.11 Å². The Morgan fingerprint density at radius 3 is 2.38 bits per heavy atom. The Labute approximate surface area is 156 Å². The van der Waals surface area contributed by atoms with Crippen molar-refractivity contribution in [3.05, 3.63) is 60.2 Å². The third-order valence-electron chi connectivity index (χ3n) is 3.17. The van der Waals surface area contributed by atoms with Gasteiger partial charge in [-0.2, -0.15) is 5.48 Å². The van der Waals surface area contributed by atoms with E-state index in [-0.39, 0.29) is 12.4 Å². The second kappa shape index (κ2) is 9.59. The van der Waals surface area contributed by atoms with Crippen LogP contribution in [0.5, 0.6) is 11.5 Å². The lowest BCUT2D eigenvalue weighted by molar-refractivity contribution is -0.141. The number of rotatable bonds is 9. The van der Waals surface area contributed by atoms with E-state index in [1.165, 1.54) is 20.1 Å². The number of benzene rings is 2. The van der Waals surface area contributed by atoms with Crippen molar-refractivity contribution in [1.29, 1.82) is 0 Å². The highest BCUT2D eigenvalue weighted by Gasteiger charge is 2.31. The SMILES string of the molecule is COc1ccccc1OP(=O)(Cl)OC(=O)[C@H](C)NOCc1ccccc1. The molecule has 0 amide bonds. The lowest BCUT2D eigenvalue weighted by Crippen LogP contribution is -2.34. The van der Waals surface area contributed by atoms with Crippen LogP contribution in [0.15, 0.2) is 54.6 Å². The van der Waals surface area contributed by atoms with Crippen LogP contribution in [0, 0.1) is 0 Å². The summed E-state index contributed by atoms with van der Waals surface area (Å²) >= 11 is 5.73. The fourth-order valence-corrected chi connectivity index (χ4v) is 3.11. The van der Waals surface area contributed by atoms with Gasteiger partial charge in [-0.05, 0) is 24.6 Å². The van der Waals surface area contributed by atoms with Crippen molar-refractivity contribution in [1.82, 2.24) is 5.48 Å². The fraction of sp³-hybridized carbons (Fsp3) is 0.235. The average Bonchev–Trinajstić information content (AvgIpc) is 2.62. The number of hydroxylamine groups is 1. The molecule has 7 nitrogen and oxygen atoms in total. The molecule has 2 atom stereocenters. The number of carbonyl (C=O) groups is 1. The van der Waals surface area contributed by atoms with Gasteiger partial charge in [-0.1, -0.05) is 42.5 Å². The zero-order chi connectivity index (χ0) is 19.0. The Morgan fingerprint density at radius 1 is 1.12 bits per heavy atom. The van der Waals surface area contributed by atoms with E-state index in [2.05, 4.69) is 5.48 Å². The molecule has 26 heavy (non-hydrogen) atoms. The fourth-order valence-electron chi connectivity index (χ4n) is 1.89. The van der Waals surface area contributed by atoms with Gasteiger partial charge in [0.05, 0.1) is 13.7 Å². The molecule has 0 spiro atoms. The summed E-state index contributed by atoms with van der Waals surface area (Å²) in [5, 5.41) is 0. The standard InChI is InChI=1S/C17H19ClNO6P/c1-13(19-23-12-14-8-4-3-5-9-14)17(20)25-26(18,21)24-16-11-7-6-10-15(16)22-2/h3-11,13,19H,12H2,1-2H3/t13-,26?/m0/s1. The van der Waals surface area contributed by atoms with Gasteiger partial charge in [0.15, 0.2) is 11.5 Å². The first-order chi connectivity index (χ1) is 12.4. The first-order valence-electron chi connectivity index (χ1n) is 7.68. The summed E-state index contributed by atoms with van der Waals surface area (Å²) < 4.78 is 27.2. The number of ether oxygens (including phenoxy) is 1. The van der Waals surface area contributed by atoms with E-state index in [0.29, 0.717) is 5.75 Å². The Bertz CT molecular complexity index is 773. The highest BCUT2D eigenvalue weighted by molar-refractivity contribution is 7.82. The van der Waals surface area contributed by atoms with Crippen molar-refractivity contribution >= 4 is 24.2 Å². The number of para-hydroxylation sites is 2. The van der Waals surface area contributed by atoms with E-state index in [0.717, 1.165) is 5.56 Å². The van der Waals surface area contributed by atoms with E-state index < -0.39 is 19.0 Å². The first-order valence-corrected chi connectivity index (χ1v) is 10.1. The first kappa shape index (κ1) is 20.3. The molecule has 140 valence electrons. The smallest absolute Gasteiger partial charge is 0.493 e. The van der Waals surface area contributed by atoms with Crippen LogP contribution in [0.3, 0.4) is 0 Å². The monoisotopic (exact) mass is 399 g/mol. The van der Waals surface area contributed by atoms with Gasteiger partial charge in [0.2, 0.25) is 0 Å². The number of methoxy groups -OCH3 is 1. The van der Waals surface area contributed by atoms with Crippen LogP contribution in [0.2, 0.25) is 0 Å². The van der Waals surface area contributed by atoms with Crippen molar-refractivity contribution in [3.8, 4) is 11.5 Å². The largest absolute Gasteiger partial charge is 0.532 e. The van der Waals surface area contributed by atoms with Gasteiger partial charge in [0.25, 0.3) is 0 Å². The Morgan fingerprint density at radius 2 is 1.73 bits per heavy atom. The normalized spacial score (nSPS) is 14.1. The minimum atomic E-state index is -4.21. The van der Waals surface area contributed by atoms with E-state index >= 15 is 0 Å². The number of hydrogen-bond donors (Lipinski definition) is 1. The second-order valence-corrected chi connectivity index (χ2v) is 7.67. The maximum atomic E-state index is 12.2. The molecule has 0 heterocycles. The maximum absolute atomic E-state index is 12.2. The number of carbonyl (C=O) groups excluding carboxylic acids is 1. The molecular weight excluding hydrogens is 381 g/mol. The molecule has 0 bridgehead atoms. The van der Waals surface area contributed by atoms with Gasteiger partial charge in [-0.15, -0.1) is 0 Å². The van der Waals surface area contributed by atoms with Gasteiger partial charge >= 0.3 is 12.9 Å². The molecular formula is C17H19ClNO6P. The van der Waals surface area contributed by atoms with E-state index in [9.17, 15) is 9.36 Å². The summed E-state index contributed by atoms with van der Waals surface area (Å²) in [5.41, 5.74) is 3.42. The molecule has 9 heteroatoms. The molecule has 0 aliphatic rings. The molecule has 0 aliphatic heterocycles. The second-order valence-electron chi connectivity index (χ2n) is 5.20. The van der Waals surface area contributed by atoms with Crippen LogP contribution < -0.4 is 14.7 Å². The highest BCUT2D eigenvalue weighted by Crippen LogP contribution is 2.55. The number of nitrogens with one attached hydrogen (secondary N) is 1. The van der Waals surface area contributed by atoms with Crippen molar-refractivity contribution in [2.24, 2.45) is 0 Å². The zero-order valence-corrected chi connectivity index (χ0v) is 15.9. The highest BCUT2D eigenvalue weighted by atomic mass is 35.7. The van der Waals surface area contributed by atoms with Crippen LogP contribution >= 0.6 is 18.2 Å². The van der Waals surface area contributed by atoms with Gasteiger partial charge in [-0.3, -0.25) is 4.84 Å². The molecule has 0 saturated carbocycles. The molecule has 2 aromatic carbocycles. The van der Waals surface area contributed by atoms with Crippen LogP contribution in [0.1, 0.15) is 12.5 Å². The van der Waals surface area contributed by atoms with Crippen molar-refractivity contribution in [2.45, 2.75) is 19.6 Å². The minimum Gasteiger partial charge on any atom is -0.493 e. The summed E-state index contributed by atoms with van der Waals surface area (Å²) in [6.07, 6.45) is 0. The summed E-state index contributed by atoms with van der Waals surface area (Å²) in [7, 11) is 1.42. The molecule has 1 unspecified atom stereocenters. The lowest BCUT2D eigenvalue weighted by Gasteiger charge is -2.17. The molecule has 1 N–H and O–H groups in total. The topological polar surface area (TPSA) is 83.1 Å². The van der Waals surface area contributed by atoms with Gasteiger partial charge < -0.3 is 13.8 Å². The molecule has 0 saturated heterocycles. The van der Waals surface area contributed by atoms with Crippen molar-refractivity contribution < 1.29 is 28.0 Å². The molecule has 0 aromatic heterocycles. The van der Waals surface area contributed by atoms with Crippen LogP contribution in [-0.2, 0) is 25.3 Å². The Hall–Kier alpha value is -2.05. The van der Waals surface area contributed by atoms with Gasteiger partial charge in [-0.25, -0.2) is 9.36 Å². The predicted octanol–water partition coefficient (Wildman–Crippen LogP) is 4.07. The van der Waals surface area contributed by atoms with Crippen molar-refractivity contribution in [3.63, 3.8) is 0 Å². The Balaban J connectivity index is 1.85. The summed E-state index contributed by atoms with van der Waals surface area (Å²) in [6.45, 7) is -2.48. The zero-order valence-electron chi connectivity index (χ0n) is 14.3. The average molecular weight is 400 g/mol.